The van der Waals surface area contributed by atoms with Crippen LogP contribution in [0.25, 0.3) is 0 Å². The van der Waals surface area contributed by atoms with Crippen LogP contribution in [0.5, 0.6) is 0 Å². The molecule has 2 heteroatoms. The fourth-order valence-electron chi connectivity index (χ4n) is 1.59. The maximum atomic E-state index is 4.36. The fraction of sp³-hybridized carbons (Fsp3) is 0.727. The molecule has 0 unspecified atom stereocenters. The van der Waals surface area contributed by atoms with Crippen LogP contribution in [0.3, 0.4) is 0 Å². The molecule has 1 aromatic rings. The molecule has 1 aromatic heterocycles. The molecule has 0 saturated heterocycles. The number of nitrogens with zero attached hydrogens (tertiary/aromatic N) is 2. The molecule has 0 bridgehead atoms. The van der Waals surface area contributed by atoms with Crippen molar-refractivity contribution < 1.29 is 0 Å². The largest absolute Gasteiger partial charge is 0.270 e. The lowest BCUT2D eigenvalue weighted by molar-refractivity contribution is 0.398. The van der Waals surface area contributed by atoms with Gasteiger partial charge in [0.15, 0.2) is 0 Å². The van der Waals surface area contributed by atoms with Crippen molar-refractivity contribution in [1.82, 2.24) is 9.78 Å². The van der Waals surface area contributed by atoms with Crippen molar-refractivity contribution >= 4 is 0 Å². The first-order valence-electron chi connectivity index (χ1n) is 5.16. The third-order valence-electron chi connectivity index (χ3n) is 2.33. The van der Waals surface area contributed by atoms with Gasteiger partial charge in [0.05, 0.1) is 6.20 Å². The lowest BCUT2D eigenvalue weighted by atomic mass is 10.1. The van der Waals surface area contributed by atoms with E-state index in [-0.39, 0.29) is 0 Å². The average molecular weight is 180 g/mol. The van der Waals surface area contributed by atoms with Gasteiger partial charge in [0.25, 0.3) is 0 Å². The molecule has 0 fully saturated rings. The summed E-state index contributed by atoms with van der Waals surface area (Å²) < 4.78 is 2.08. The van der Waals surface area contributed by atoms with Gasteiger partial charge >= 0.3 is 0 Å². The van der Waals surface area contributed by atoms with Crippen LogP contribution in [0.1, 0.15) is 45.7 Å². The zero-order chi connectivity index (χ0) is 9.84. The molecule has 74 valence electrons. The monoisotopic (exact) mass is 180 g/mol. The number of hydrogen-bond acceptors (Lipinski definition) is 1. The smallest absolute Gasteiger partial charge is 0.0521 e. The second kappa shape index (κ2) is 4.45. The SMILES string of the molecule is CCc1cnn([C@H](C)CC(C)C)c1. The maximum absolute atomic E-state index is 4.36. The molecule has 0 N–H and O–H groups in total. The number of rotatable bonds is 4. The van der Waals surface area contributed by atoms with Gasteiger partial charge in [-0.2, -0.15) is 5.10 Å². The van der Waals surface area contributed by atoms with Crippen molar-refractivity contribution in [2.24, 2.45) is 5.92 Å². The Balaban J connectivity index is 2.60. The predicted molar refractivity (Wildman–Crippen MR) is 55.8 cm³/mol. The van der Waals surface area contributed by atoms with Crippen LogP contribution in [0.4, 0.5) is 0 Å². The normalized spacial score (nSPS) is 13.6. The maximum Gasteiger partial charge on any atom is 0.0521 e. The minimum atomic E-state index is 0.528. The lowest BCUT2D eigenvalue weighted by Crippen LogP contribution is -2.08. The molecule has 0 radical (unpaired) electrons. The third kappa shape index (κ3) is 2.87. The zero-order valence-electron chi connectivity index (χ0n) is 9.12. The van der Waals surface area contributed by atoms with E-state index in [1.165, 1.54) is 12.0 Å². The Labute approximate surface area is 81.0 Å². The highest BCUT2D eigenvalue weighted by atomic mass is 15.3. The molecule has 13 heavy (non-hydrogen) atoms. The van der Waals surface area contributed by atoms with Gasteiger partial charge in [-0.25, -0.2) is 0 Å². The van der Waals surface area contributed by atoms with E-state index in [9.17, 15) is 0 Å². The summed E-state index contributed by atoms with van der Waals surface area (Å²) in [6, 6.07) is 0.528. The Kier molecular flexibility index (Phi) is 3.52. The average Bonchev–Trinajstić information content (AvgIpc) is 2.50. The van der Waals surface area contributed by atoms with Crippen LogP contribution in [0.2, 0.25) is 0 Å². The van der Waals surface area contributed by atoms with E-state index in [1.807, 2.05) is 6.20 Å². The second-order valence-electron chi connectivity index (χ2n) is 4.16. The predicted octanol–water partition coefficient (Wildman–Crippen LogP) is 3.05. The Morgan fingerprint density at radius 1 is 1.38 bits per heavy atom. The first-order valence-corrected chi connectivity index (χ1v) is 5.16. The zero-order valence-corrected chi connectivity index (χ0v) is 9.12. The Morgan fingerprint density at radius 3 is 2.54 bits per heavy atom. The molecule has 0 aliphatic heterocycles. The molecule has 1 rings (SSSR count). The molecule has 0 amide bonds. The summed E-state index contributed by atoms with van der Waals surface area (Å²) >= 11 is 0. The number of aryl methyl sites for hydroxylation is 1. The van der Waals surface area contributed by atoms with E-state index < -0.39 is 0 Å². The molecule has 1 heterocycles. The molecule has 0 spiro atoms. The molecule has 2 nitrogen and oxygen atoms in total. The van der Waals surface area contributed by atoms with Crippen molar-refractivity contribution in [3.8, 4) is 0 Å². The first kappa shape index (κ1) is 10.3. The molecule has 0 aliphatic rings. The highest BCUT2D eigenvalue weighted by molar-refractivity contribution is 5.03. The summed E-state index contributed by atoms with van der Waals surface area (Å²) in [6.07, 6.45) is 6.41. The van der Waals surface area contributed by atoms with Crippen LogP contribution < -0.4 is 0 Å². The molecule has 0 saturated carbocycles. The fourth-order valence-corrected chi connectivity index (χ4v) is 1.59. The molecule has 1 atom stereocenters. The minimum absolute atomic E-state index is 0.528. The Morgan fingerprint density at radius 2 is 2.08 bits per heavy atom. The van der Waals surface area contributed by atoms with E-state index >= 15 is 0 Å². The third-order valence-corrected chi connectivity index (χ3v) is 2.33. The van der Waals surface area contributed by atoms with Crippen molar-refractivity contribution in [2.75, 3.05) is 0 Å². The minimum Gasteiger partial charge on any atom is -0.270 e. The van der Waals surface area contributed by atoms with Crippen LogP contribution in [-0.2, 0) is 6.42 Å². The summed E-state index contributed by atoms with van der Waals surface area (Å²) in [5.41, 5.74) is 1.33. The summed E-state index contributed by atoms with van der Waals surface area (Å²) in [7, 11) is 0. The standard InChI is InChI=1S/C11H20N2/c1-5-11-7-12-13(8-11)10(4)6-9(2)3/h7-10H,5-6H2,1-4H3/t10-/m1/s1. The van der Waals surface area contributed by atoms with Crippen molar-refractivity contribution in [2.45, 2.75) is 46.6 Å². The number of aromatic nitrogens is 2. The molecular formula is C11H20N2. The van der Waals surface area contributed by atoms with Crippen molar-refractivity contribution in [1.29, 1.82) is 0 Å². The lowest BCUT2D eigenvalue weighted by Gasteiger charge is -2.14. The van der Waals surface area contributed by atoms with Gasteiger partial charge in [0, 0.05) is 12.2 Å². The van der Waals surface area contributed by atoms with Crippen molar-refractivity contribution in [3.63, 3.8) is 0 Å². The van der Waals surface area contributed by atoms with Crippen molar-refractivity contribution in [3.05, 3.63) is 18.0 Å². The summed E-state index contributed by atoms with van der Waals surface area (Å²) in [6.45, 7) is 8.89. The van der Waals surface area contributed by atoms with Gasteiger partial charge in [0.1, 0.15) is 0 Å². The van der Waals surface area contributed by atoms with E-state index in [0.29, 0.717) is 6.04 Å². The van der Waals surface area contributed by atoms with E-state index in [4.69, 9.17) is 0 Å². The highest BCUT2D eigenvalue weighted by Crippen LogP contribution is 2.16. The summed E-state index contributed by atoms with van der Waals surface area (Å²) in [4.78, 5) is 0. The van der Waals surface area contributed by atoms with E-state index in [0.717, 1.165) is 12.3 Å². The summed E-state index contributed by atoms with van der Waals surface area (Å²) in [5, 5.41) is 4.36. The van der Waals surface area contributed by atoms with Crippen LogP contribution in [-0.4, -0.2) is 9.78 Å². The highest BCUT2D eigenvalue weighted by Gasteiger charge is 2.07. The Hall–Kier alpha value is -0.790. The van der Waals surface area contributed by atoms with E-state index in [1.54, 1.807) is 0 Å². The van der Waals surface area contributed by atoms with Crippen LogP contribution >= 0.6 is 0 Å². The number of hydrogen-bond donors (Lipinski definition) is 0. The molecular weight excluding hydrogens is 160 g/mol. The Bertz CT molecular complexity index is 250. The van der Waals surface area contributed by atoms with Gasteiger partial charge in [-0.3, -0.25) is 4.68 Å². The summed E-state index contributed by atoms with van der Waals surface area (Å²) in [5.74, 6) is 0.740. The van der Waals surface area contributed by atoms with Gasteiger partial charge in [-0.1, -0.05) is 20.8 Å². The van der Waals surface area contributed by atoms with Crippen LogP contribution in [0.15, 0.2) is 12.4 Å². The quantitative estimate of drug-likeness (QED) is 0.696. The van der Waals surface area contributed by atoms with Gasteiger partial charge in [0.2, 0.25) is 0 Å². The van der Waals surface area contributed by atoms with Gasteiger partial charge in [-0.05, 0) is 31.2 Å². The van der Waals surface area contributed by atoms with Gasteiger partial charge in [-0.15, -0.1) is 0 Å². The first-order chi connectivity index (χ1) is 6.13. The van der Waals surface area contributed by atoms with Crippen LogP contribution in [0, 0.1) is 5.92 Å². The second-order valence-corrected chi connectivity index (χ2v) is 4.16. The molecule has 0 aliphatic carbocycles. The topological polar surface area (TPSA) is 17.8 Å². The molecule has 0 aromatic carbocycles. The van der Waals surface area contributed by atoms with E-state index in [2.05, 4.69) is 43.7 Å². The van der Waals surface area contributed by atoms with Gasteiger partial charge < -0.3 is 0 Å².